The average molecular weight is 153 g/mol. The van der Waals surface area contributed by atoms with Gasteiger partial charge in [0.1, 0.15) is 0 Å². The second-order valence-electron chi connectivity index (χ2n) is 3.08. The second-order valence-corrected chi connectivity index (χ2v) is 3.08. The first kappa shape index (κ1) is 8.75. The Morgan fingerprint density at radius 2 is 1.91 bits per heavy atom. The van der Waals surface area contributed by atoms with E-state index < -0.39 is 0 Å². The highest BCUT2D eigenvalue weighted by Gasteiger charge is 2.11. The molecule has 63 valence electrons. The highest BCUT2D eigenvalue weighted by molar-refractivity contribution is 4.87. The number of hydrogen-bond acceptors (Lipinski definition) is 2. The Morgan fingerprint density at radius 3 is 2.45 bits per heavy atom. The number of hydrogen-bond donors (Lipinski definition) is 0. The molecule has 2 nitrogen and oxygen atoms in total. The minimum absolute atomic E-state index is 1.07. The fraction of sp³-hybridized carbons (Fsp3) is 0.667. The van der Waals surface area contributed by atoms with Crippen LogP contribution in [0.4, 0.5) is 0 Å². The van der Waals surface area contributed by atoms with Crippen molar-refractivity contribution < 1.29 is 0 Å². The van der Waals surface area contributed by atoms with Crippen molar-refractivity contribution in [2.24, 2.45) is 0 Å². The van der Waals surface area contributed by atoms with Gasteiger partial charge in [-0.1, -0.05) is 12.2 Å². The Kier molecular flexibility index (Phi) is 3.60. The Balaban J connectivity index is 2.17. The molecule has 11 heavy (non-hydrogen) atoms. The van der Waals surface area contributed by atoms with Crippen molar-refractivity contribution in [3.63, 3.8) is 0 Å². The van der Waals surface area contributed by atoms with E-state index in [1.165, 1.54) is 26.2 Å². The minimum Gasteiger partial charge on any atom is -0.304 e. The van der Waals surface area contributed by atoms with E-state index in [1.807, 2.05) is 6.08 Å². The Hall–Kier alpha value is -0.340. The van der Waals surface area contributed by atoms with Crippen LogP contribution in [0.15, 0.2) is 12.2 Å². The largest absolute Gasteiger partial charge is 0.304 e. The molecule has 0 bridgehead atoms. The van der Waals surface area contributed by atoms with E-state index in [-0.39, 0.29) is 0 Å². The van der Waals surface area contributed by atoms with E-state index in [0.717, 1.165) is 6.54 Å². The lowest BCUT2D eigenvalue weighted by molar-refractivity contribution is 0.166. The van der Waals surface area contributed by atoms with Gasteiger partial charge in [0.05, 0.1) is 0 Å². The maximum atomic E-state index is 3.67. The summed E-state index contributed by atoms with van der Waals surface area (Å²) in [6, 6.07) is 0. The second kappa shape index (κ2) is 4.52. The Labute approximate surface area is 69.5 Å². The summed E-state index contributed by atoms with van der Waals surface area (Å²) in [5.41, 5.74) is 0. The summed E-state index contributed by atoms with van der Waals surface area (Å²) in [7, 11) is 2.18. The molecule has 1 rings (SSSR count). The molecule has 0 N–H and O–H groups in total. The molecule has 0 spiro atoms. The molecule has 0 aromatic carbocycles. The quantitative estimate of drug-likeness (QED) is 0.574. The van der Waals surface area contributed by atoms with E-state index in [9.17, 15) is 0 Å². The maximum absolute atomic E-state index is 3.67. The lowest BCUT2D eigenvalue weighted by Gasteiger charge is -2.31. The topological polar surface area (TPSA) is 6.48 Å². The van der Waals surface area contributed by atoms with Gasteiger partial charge in [-0.3, -0.25) is 4.90 Å². The molecule has 0 atom stereocenters. The predicted octanol–water partition coefficient (Wildman–Crippen LogP) is 0.624. The normalized spacial score (nSPS) is 23.1. The van der Waals surface area contributed by atoms with Crippen molar-refractivity contribution in [2.45, 2.75) is 0 Å². The van der Waals surface area contributed by atoms with Gasteiger partial charge in [-0.25, -0.2) is 0 Å². The first-order valence-corrected chi connectivity index (χ1v) is 4.18. The number of rotatable bonds is 2. The van der Waals surface area contributed by atoms with Gasteiger partial charge in [0.25, 0.3) is 0 Å². The van der Waals surface area contributed by atoms with Crippen LogP contribution in [0, 0.1) is 6.92 Å². The molecule has 0 aromatic heterocycles. The van der Waals surface area contributed by atoms with Crippen LogP contribution in [-0.4, -0.2) is 49.6 Å². The zero-order chi connectivity index (χ0) is 8.10. The number of nitrogens with zero attached hydrogens (tertiary/aromatic N) is 2. The van der Waals surface area contributed by atoms with Gasteiger partial charge < -0.3 is 4.90 Å². The van der Waals surface area contributed by atoms with Gasteiger partial charge in [0.2, 0.25) is 0 Å². The van der Waals surface area contributed by atoms with Gasteiger partial charge in [-0.2, -0.15) is 0 Å². The monoisotopic (exact) mass is 153 g/mol. The molecular weight excluding hydrogens is 136 g/mol. The highest BCUT2D eigenvalue weighted by Crippen LogP contribution is 1.98. The Morgan fingerprint density at radius 1 is 1.27 bits per heavy atom. The van der Waals surface area contributed by atoms with E-state index in [4.69, 9.17) is 0 Å². The van der Waals surface area contributed by atoms with Crippen LogP contribution < -0.4 is 0 Å². The lowest BCUT2D eigenvalue weighted by Crippen LogP contribution is -2.44. The predicted molar refractivity (Wildman–Crippen MR) is 48.4 cm³/mol. The summed E-state index contributed by atoms with van der Waals surface area (Å²) in [6.45, 7) is 9.52. The molecular formula is C9H17N2. The molecule has 0 saturated carbocycles. The Bertz CT molecular complexity index is 124. The van der Waals surface area contributed by atoms with Gasteiger partial charge in [-0.15, -0.1) is 0 Å². The zero-order valence-corrected chi connectivity index (χ0v) is 7.29. The third kappa shape index (κ3) is 3.04. The van der Waals surface area contributed by atoms with Crippen LogP contribution in [0.25, 0.3) is 0 Å². The summed E-state index contributed by atoms with van der Waals surface area (Å²) in [5, 5.41) is 0. The standard InChI is InChI=1S/C9H17N2/c1-3-4-5-11-8-6-10(2)7-9-11/h3-4H,1,5-9H2,2H3. The highest BCUT2D eigenvalue weighted by atomic mass is 15.2. The van der Waals surface area contributed by atoms with E-state index in [2.05, 4.69) is 29.8 Å². The van der Waals surface area contributed by atoms with E-state index >= 15 is 0 Å². The lowest BCUT2D eigenvalue weighted by atomic mass is 10.3. The molecule has 1 heterocycles. The average Bonchev–Trinajstić information content (AvgIpc) is 2.04. The van der Waals surface area contributed by atoms with Gasteiger partial charge in [0, 0.05) is 32.7 Å². The third-order valence-electron chi connectivity index (χ3n) is 2.13. The van der Waals surface area contributed by atoms with Crippen LogP contribution >= 0.6 is 0 Å². The van der Waals surface area contributed by atoms with Crippen molar-refractivity contribution in [2.75, 3.05) is 39.8 Å². The third-order valence-corrected chi connectivity index (χ3v) is 2.13. The smallest absolute Gasteiger partial charge is 0.0164 e. The van der Waals surface area contributed by atoms with E-state index in [0.29, 0.717) is 0 Å². The zero-order valence-electron chi connectivity index (χ0n) is 7.29. The van der Waals surface area contributed by atoms with Crippen molar-refractivity contribution in [1.29, 1.82) is 0 Å². The minimum atomic E-state index is 1.07. The molecule has 1 aliphatic rings. The first-order chi connectivity index (χ1) is 5.33. The molecule has 2 heteroatoms. The van der Waals surface area contributed by atoms with Gasteiger partial charge in [-0.05, 0) is 14.0 Å². The van der Waals surface area contributed by atoms with E-state index in [1.54, 1.807) is 0 Å². The van der Waals surface area contributed by atoms with Crippen molar-refractivity contribution in [3.05, 3.63) is 19.1 Å². The summed E-state index contributed by atoms with van der Waals surface area (Å²) < 4.78 is 0. The summed E-state index contributed by atoms with van der Waals surface area (Å²) >= 11 is 0. The molecule has 1 radical (unpaired) electrons. The molecule has 1 fully saturated rings. The van der Waals surface area contributed by atoms with Crippen LogP contribution in [0.5, 0.6) is 0 Å². The van der Waals surface area contributed by atoms with Crippen LogP contribution in [-0.2, 0) is 0 Å². The SMILES string of the molecule is [CH2]C=CCN1CCN(C)CC1. The summed E-state index contributed by atoms with van der Waals surface area (Å²) in [5.74, 6) is 0. The molecule has 0 amide bonds. The van der Waals surface area contributed by atoms with Crippen molar-refractivity contribution in [1.82, 2.24) is 9.80 Å². The number of piperazine rings is 1. The van der Waals surface area contributed by atoms with Gasteiger partial charge in [0.15, 0.2) is 0 Å². The number of allylic oxidation sites excluding steroid dienone is 1. The summed E-state index contributed by atoms with van der Waals surface area (Å²) in [4.78, 5) is 4.81. The molecule has 1 saturated heterocycles. The summed E-state index contributed by atoms with van der Waals surface area (Å²) in [6.07, 6.45) is 3.99. The van der Waals surface area contributed by atoms with Crippen LogP contribution in [0.2, 0.25) is 0 Å². The van der Waals surface area contributed by atoms with Crippen molar-refractivity contribution >= 4 is 0 Å². The molecule has 1 aliphatic heterocycles. The van der Waals surface area contributed by atoms with Gasteiger partial charge >= 0.3 is 0 Å². The fourth-order valence-corrected chi connectivity index (χ4v) is 1.25. The fourth-order valence-electron chi connectivity index (χ4n) is 1.25. The number of likely N-dealkylation sites (N-methyl/N-ethyl adjacent to an activating group) is 1. The molecule has 0 aromatic rings. The first-order valence-electron chi connectivity index (χ1n) is 4.18. The molecule has 0 unspecified atom stereocenters. The maximum Gasteiger partial charge on any atom is 0.0164 e. The van der Waals surface area contributed by atoms with Crippen LogP contribution in [0.3, 0.4) is 0 Å². The van der Waals surface area contributed by atoms with Crippen LogP contribution in [0.1, 0.15) is 0 Å². The van der Waals surface area contributed by atoms with Crippen molar-refractivity contribution in [3.8, 4) is 0 Å². The molecule has 0 aliphatic carbocycles.